The van der Waals surface area contributed by atoms with Crippen LogP contribution in [0.5, 0.6) is 11.5 Å². The van der Waals surface area contributed by atoms with Crippen molar-refractivity contribution in [2.45, 2.75) is 13.5 Å². The van der Waals surface area contributed by atoms with Gasteiger partial charge in [-0.05, 0) is 76.1 Å². The minimum absolute atomic E-state index is 0.176. The van der Waals surface area contributed by atoms with Gasteiger partial charge in [0.2, 0.25) is 0 Å². The second kappa shape index (κ2) is 11.0. The van der Waals surface area contributed by atoms with E-state index in [4.69, 9.17) is 14.2 Å². The summed E-state index contributed by atoms with van der Waals surface area (Å²) in [7, 11) is 1.52. The molecular weight excluding hydrogens is 566 g/mol. The lowest BCUT2D eigenvalue weighted by atomic mass is 10.1. The molecule has 0 aliphatic carbocycles. The summed E-state index contributed by atoms with van der Waals surface area (Å²) in [4.78, 5) is 37.5. The first-order valence-corrected chi connectivity index (χ1v) is 11.9. The van der Waals surface area contributed by atoms with E-state index in [1.54, 1.807) is 25.1 Å². The van der Waals surface area contributed by atoms with Gasteiger partial charge in [-0.1, -0.05) is 28.1 Å². The molecular formula is C22H19Br2NO6S. The van der Waals surface area contributed by atoms with Crippen molar-refractivity contribution in [2.75, 3.05) is 20.3 Å². The first-order chi connectivity index (χ1) is 15.3. The quantitative estimate of drug-likeness (QED) is 0.303. The Morgan fingerprint density at radius 3 is 2.53 bits per heavy atom. The lowest BCUT2D eigenvalue weighted by Gasteiger charge is -2.14. The number of esters is 1. The van der Waals surface area contributed by atoms with E-state index in [0.29, 0.717) is 28.1 Å². The van der Waals surface area contributed by atoms with Gasteiger partial charge < -0.3 is 14.2 Å². The summed E-state index contributed by atoms with van der Waals surface area (Å²) in [6.07, 6.45) is 1.57. The number of hydrogen-bond donors (Lipinski definition) is 0. The van der Waals surface area contributed by atoms with E-state index in [-0.39, 0.29) is 11.5 Å². The average Bonchev–Trinajstić information content (AvgIpc) is 3.01. The molecule has 1 heterocycles. The predicted octanol–water partition coefficient (Wildman–Crippen LogP) is 5.40. The van der Waals surface area contributed by atoms with Gasteiger partial charge in [-0.3, -0.25) is 19.3 Å². The summed E-state index contributed by atoms with van der Waals surface area (Å²) in [5.74, 6) is -0.192. The number of hydrogen-bond acceptors (Lipinski definition) is 7. The predicted molar refractivity (Wildman–Crippen MR) is 128 cm³/mol. The molecule has 2 amide bonds. The first-order valence-electron chi connectivity index (χ1n) is 9.48. The van der Waals surface area contributed by atoms with Crippen LogP contribution in [0.1, 0.15) is 18.1 Å². The number of amides is 2. The fourth-order valence-electron chi connectivity index (χ4n) is 2.82. The van der Waals surface area contributed by atoms with Crippen molar-refractivity contribution in [2.24, 2.45) is 0 Å². The molecule has 0 bridgehead atoms. The molecule has 1 aliphatic heterocycles. The highest BCUT2D eigenvalue weighted by atomic mass is 79.9. The third-order valence-corrected chi connectivity index (χ3v) is 6.34. The average molecular weight is 585 g/mol. The lowest BCUT2D eigenvalue weighted by Crippen LogP contribution is -2.34. The van der Waals surface area contributed by atoms with Gasteiger partial charge in [0.1, 0.15) is 13.2 Å². The van der Waals surface area contributed by atoms with Crippen molar-refractivity contribution in [3.8, 4) is 11.5 Å². The summed E-state index contributed by atoms with van der Waals surface area (Å²) in [6, 6.07) is 11.2. The lowest BCUT2D eigenvalue weighted by molar-refractivity contribution is -0.145. The highest BCUT2D eigenvalue weighted by molar-refractivity contribution is 9.10. The van der Waals surface area contributed by atoms with E-state index in [9.17, 15) is 14.4 Å². The Morgan fingerprint density at radius 1 is 1.16 bits per heavy atom. The van der Waals surface area contributed by atoms with Crippen LogP contribution in [-0.4, -0.2) is 42.3 Å². The SMILES string of the molecule is CCOC(=O)CN1C(=O)S/C(=C/c2cc(Br)c(OCc3ccc(Br)cc3)c(OC)c2)C1=O. The zero-order valence-corrected chi connectivity index (χ0v) is 21.2. The fraction of sp³-hybridized carbons (Fsp3) is 0.227. The van der Waals surface area contributed by atoms with Crippen molar-refractivity contribution in [3.63, 3.8) is 0 Å². The van der Waals surface area contributed by atoms with Crippen LogP contribution in [0.3, 0.4) is 0 Å². The van der Waals surface area contributed by atoms with Gasteiger partial charge in [0, 0.05) is 4.47 Å². The van der Waals surface area contributed by atoms with Crippen molar-refractivity contribution in [1.29, 1.82) is 0 Å². The second-order valence-corrected chi connectivity index (χ2v) is 9.29. The smallest absolute Gasteiger partial charge is 0.326 e. The largest absolute Gasteiger partial charge is 0.493 e. The zero-order valence-electron chi connectivity index (χ0n) is 17.2. The van der Waals surface area contributed by atoms with Crippen molar-refractivity contribution >= 4 is 66.8 Å². The van der Waals surface area contributed by atoms with Crippen LogP contribution < -0.4 is 9.47 Å². The number of methoxy groups -OCH3 is 1. The number of imide groups is 1. The second-order valence-electron chi connectivity index (χ2n) is 6.52. The van der Waals surface area contributed by atoms with Crippen molar-refractivity contribution in [3.05, 3.63) is 61.4 Å². The fourth-order valence-corrected chi connectivity index (χ4v) is 4.50. The summed E-state index contributed by atoms with van der Waals surface area (Å²) < 4.78 is 17.8. The number of rotatable bonds is 8. The molecule has 32 heavy (non-hydrogen) atoms. The topological polar surface area (TPSA) is 82.1 Å². The maximum Gasteiger partial charge on any atom is 0.326 e. The Hall–Kier alpha value is -2.30. The third-order valence-electron chi connectivity index (χ3n) is 4.31. The highest BCUT2D eigenvalue weighted by Gasteiger charge is 2.36. The third kappa shape index (κ3) is 5.93. The van der Waals surface area contributed by atoms with Crippen LogP contribution in [0.15, 0.2) is 50.2 Å². The Morgan fingerprint density at radius 2 is 1.88 bits per heavy atom. The first kappa shape index (κ1) is 24.3. The Bertz CT molecular complexity index is 1070. The maximum absolute atomic E-state index is 12.6. The van der Waals surface area contributed by atoms with Crippen LogP contribution in [0.4, 0.5) is 4.79 Å². The van der Waals surface area contributed by atoms with E-state index >= 15 is 0 Å². The molecule has 0 N–H and O–H groups in total. The number of thioether (sulfide) groups is 1. The summed E-state index contributed by atoms with van der Waals surface area (Å²) in [6.45, 7) is 1.76. The van der Waals surface area contributed by atoms with E-state index in [0.717, 1.165) is 26.7 Å². The number of carbonyl (C=O) groups is 3. The zero-order chi connectivity index (χ0) is 23.3. The van der Waals surface area contributed by atoms with Gasteiger partial charge in [-0.2, -0.15) is 0 Å². The molecule has 0 aromatic heterocycles. The van der Waals surface area contributed by atoms with Crippen LogP contribution in [0.25, 0.3) is 6.08 Å². The van der Waals surface area contributed by atoms with E-state index < -0.39 is 23.7 Å². The number of ether oxygens (including phenoxy) is 3. The van der Waals surface area contributed by atoms with Gasteiger partial charge in [0.25, 0.3) is 11.1 Å². The van der Waals surface area contributed by atoms with Crippen LogP contribution in [0, 0.1) is 0 Å². The van der Waals surface area contributed by atoms with E-state index in [1.807, 2.05) is 24.3 Å². The van der Waals surface area contributed by atoms with Gasteiger partial charge in [-0.25, -0.2) is 0 Å². The van der Waals surface area contributed by atoms with Gasteiger partial charge >= 0.3 is 5.97 Å². The Labute approximate surface area is 206 Å². The normalized spacial score (nSPS) is 14.8. The molecule has 0 radical (unpaired) electrons. The van der Waals surface area contributed by atoms with Gasteiger partial charge in [0.05, 0.1) is 23.1 Å². The molecule has 168 valence electrons. The van der Waals surface area contributed by atoms with E-state index in [1.165, 1.54) is 7.11 Å². The molecule has 7 nitrogen and oxygen atoms in total. The molecule has 3 rings (SSSR count). The number of nitrogens with zero attached hydrogens (tertiary/aromatic N) is 1. The molecule has 1 saturated heterocycles. The number of carbonyl (C=O) groups excluding carboxylic acids is 3. The van der Waals surface area contributed by atoms with Gasteiger partial charge in [-0.15, -0.1) is 0 Å². The minimum Gasteiger partial charge on any atom is -0.493 e. The van der Waals surface area contributed by atoms with Gasteiger partial charge in [0.15, 0.2) is 11.5 Å². The molecule has 1 aliphatic rings. The van der Waals surface area contributed by atoms with Crippen LogP contribution >= 0.6 is 43.6 Å². The molecule has 2 aromatic rings. The van der Waals surface area contributed by atoms with Crippen molar-refractivity contribution in [1.82, 2.24) is 4.90 Å². The number of halogens is 2. The highest BCUT2D eigenvalue weighted by Crippen LogP contribution is 2.39. The van der Waals surface area contributed by atoms with Crippen LogP contribution in [-0.2, 0) is 20.9 Å². The molecule has 2 aromatic carbocycles. The standard InChI is InChI=1S/C22H19Br2NO6S/c1-3-30-19(26)11-25-21(27)18(32-22(25)28)10-14-8-16(24)20(17(9-14)29-2)31-12-13-4-6-15(23)7-5-13/h4-10H,3,11-12H2,1-2H3/b18-10+. The summed E-state index contributed by atoms with van der Waals surface area (Å²) >= 11 is 7.66. The maximum atomic E-state index is 12.6. The molecule has 1 fully saturated rings. The molecule has 10 heteroatoms. The molecule has 0 unspecified atom stereocenters. The monoisotopic (exact) mass is 583 g/mol. The molecule has 0 saturated carbocycles. The molecule has 0 atom stereocenters. The Kier molecular flexibility index (Phi) is 8.38. The van der Waals surface area contributed by atoms with Crippen LogP contribution in [0.2, 0.25) is 0 Å². The Balaban J connectivity index is 1.78. The molecule has 0 spiro atoms. The van der Waals surface area contributed by atoms with E-state index in [2.05, 4.69) is 31.9 Å². The van der Waals surface area contributed by atoms with Crippen molar-refractivity contribution < 1.29 is 28.6 Å². The number of benzene rings is 2. The summed E-state index contributed by atoms with van der Waals surface area (Å²) in [5.41, 5.74) is 1.62. The summed E-state index contributed by atoms with van der Waals surface area (Å²) in [5, 5.41) is -0.519. The minimum atomic E-state index is -0.632.